The Morgan fingerprint density at radius 3 is 2.39 bits per heavy atom. The van der Waals surface area contributed by atoms with Gasteiger partial charge in [0.25, 0.3) is 0 Å². The number of carbonyl (C=O) groups excluding carboxylic acids is 1. The number of amides is 2. The van der Waals surface area contributed by atoms with Crippen molar-refractivity contribution in [3.8, 4) is 5.00 Å². The number of urea groups is 1. The molecule has 0 spiro atoms. The maximum atomic E-state index is 12.8. The van der Waals surface area contributed by atoms with Gasteiger partial charge >= 0.3 is 12.0 Å². The van der Waals surface area contributed by atoms with Gasteiger partial charge in [0, 0.05) is 34.4 Å². The van der Waals surface area contributed by atoms with Crippen molar-refractivity contribution in [2.24, 2.45) is 10.9 Å². The molecule has 0 bridgehead atoms. The molecule has 2 N–H and O–H groups in total. The molecular formula is C28H28N6O3S. The van der Waals surface area contributed by atoms with E-state index >= 15 is 0 Å². The molecule has 9 nitrogen and oxygen atoms in total. The largest absolute Gasteiger partial charge is 0.481 e. The number of thiophene rings is 1. The van der Waals surface area contributed by atoms with Crippen LogP contribution >= 0.6 is 11.3 Å². The minimum atomic E-state index is -0.955. The van der Waals surface area contributed by atoms with E-state index in [4.69, 9.17) is 4.99 Å². The molecule has 1 unspecified atom stereocenters. The molecule has 0 fully saturated rings. The smallest absolute Gasteiger partial charge is 0.326 e. The molecule has 10 heteroatoms. The standard InChI is InChI=1S/C28H28N6O3S/c1-15-17(3)38-26-22(15)24(30-23(16(2)27(35)36)25-32-31-18(4)34(25)26)19-11-13-20(14-12-19)29-28(37)33(5)21-9-7-6-8-10-21/h6-14,16,23H,1-5H3,(H,29,37)(H,35,36)/t16-,23?/m0/s1. The molecule has 0 aliphatic carbocycles. The number of hydrogen-bond acceptors (Lipinski definition) is 6. The van der Waals surface area contributed by atoms with E-state index in [1.54, 1.807) is 30.2 Å². The summed E-state index contributed by atoms with van der Waals surface area (Å²) in [6, 6.07) is 15.9. The van der Waals surface area contributed by atoms with Crippen molar-refractivity contribution in [1.29, 1.82) is 0 Å². The lowest BCUT2D eigenvalue weighted by molar-refractivity contribution is -0.141. The van der Waals surface area contributed by atoms with E-state index in [2.05, 4.69) is 29.4 Å². The van der Waals surface area contributed by atoms with Crippen LogP contribution < -0.4 is 10.2 Å². The third kappa shape index (κ3) is 4.37. The second kappa shape index (κ2) is 9.86. The minimum Gasteiger partial charge on any atom is -0.481 e. The number of nitrogens with one attached hydrogen (secondary N) is 1. The van der Waals surface area contributed by atoms with E-state index in [1.807, 2.05) is 66.1 Å². The van der Waals surface area contributed by atoms with E-state index < -0.39 is 17.9 Å². The molecule has 2 aromatic heterocycles. The monoisotopic (exact) mass is 528 g/mol. The van der Waals surface area contributed by atoms with Crippen molar-refractivity contribution < 1.29 is 14.7 Å². The van der Waals surface area contributed by atoms with Gasteiger partial charge in [-0.3, -0.25) is 19.3 Å². The van der Waals surface area contributed by atoms with Gasteiger partial charge in [0.05, 0.1) is 11.6 Å². The van der Waals surface area contributed by atoms with Gasteiger partial charge in [-0.2, -0.15) is 0 Å². The first-order valence-electron chi connectivity index (χ1n) is 12.2. The summed E-state index contributed by atoms with van der Waals surface area (Å²) >= 11 is 1.62. The fourth-order valence-electron chi connectivity index (χ4n) is 4.50. The predicted molar refractivity (Wildman–Crippen MR) is 149 cm³/mol. The zero-order valence-electron chi connectivity index (χ0n) is 21.8. The Balaban J connectivity index is 1.54. The summed E-state index contributed by atoms with van der Waals surface area (Å²) in [5, 5.41) is 22.3. The van der Waals surface area contributed by atoms with Crippen molar-refractivity contribution in [1.82, 2.24) is 14.8 Å². The number of aromatic nitrogens is 3. The molecule has 38 heavy (non-hydrogen) atoms. The number of aryl methyl sites for hydroxylation is 2. The van der Waals surface area contributed by atoms with Crippen molar-refractivity contribution in [3.05, 3.63) is 87.8 Å². The highest BCUT2D eigenvalue weighted by Crippen LogP contribution is 2.40. The number of carboxylic acids is 1. The van der Waals surface area contributed by atoms with Crippen LogP contribution in [0.15, 0.2) is 59.6 Å². The maximum absolute atomic E-state index is 12.8. The molecule has 3 heterocycles. The van der Waals surface area contributed by atoms with E-state index in [0.29, 0.717) is 23.0 Å². The Morgan fingerprint density at radius 1 is 1.05 bits per heavy atom. The topological polar surface area (TPSA) is 113 Å². The molecule has 1 aliphatic heterocycles. The number of benzene rings is 2. The summed E-state index contributed by atoms with van der Waals surface area (Å²) in [6.07, 6.45) is 0. The van der Waals surface area contributed by atoms with Gasteiger partial charge in [0.15, 0.2) is 5.82 Å². The van der Waals surface area contributed by atoms with Crippen LogP contribution in [0.3, 0.4) is 0 Å². The summed E-state index contributed by atoms with van der Waals surface area (Å²) in [5.74, 6) is -0.566. The molecule has 2 atom stereocenters. The second-order valence-corrected chi connectivity index (χ2v) is 10.6. The average molecular weight is 529 g/mol. The fraction of sp³-hybridized carbons (Fsp3) is 0.250. The van der Waals surface area contributed by atoms with Crippen LogP contribution in [-0.4, -0.2) is 44.6 Å². The normalized spacial score (nSPS) is 15.1. The number of carboxylic acid groups (broad SMARTS) is 1. The Kier molecular flexibility index (Phi) is 6.58. The van der Waals surface area contributed by atoms with E-state index in [9.17, 15) is 14.7 Å². The summed E-state index contributed by atoms with van der Waals surface area (Å²) in [6.45, 7) is 7.61. The molecule has 0 radical (unpaired) electrons. The van der Waals surface area contributed by atoms with E-state index in [-0.39, 0.29) is 6.03 Å². The van der Waals surface area contributed by atoms with Crippen LogP contribution in [0.4, 0.5) is 16.2 Å². The van der Waals surface area contributed by atoms with Gasteiger partial charge in [0.1, 0.15) is 16.9 Å². The molecule has 2 amide bonds. The summed E-state index contributed by atoms with van der Waals surface area (Å²) in [7, 11) is 1.71. The van der Waals surface area contributed by atoms with E-state index in [1.165, 1.54) is 0 Å². The van der Waals surface area contributed by atoms with Crippen LogP contribution in [0.25, 0.3) is 5.00 Å². The Morgan fingerprint density at radius 2 is 1.74 bits per heavy atom. The number of aliphatic carboxylic acids is 1. The number of carbonyl (C=O) groups is 2. The third-order valence-corrected chi connectivity index (χ3v) is 8.10. The highest BCUT2D eigenvalue weighted by molar-refractivity contribution is 7.15. The van der Waals surface area contributed by atoms with Gasteiger partial charge in [-0.1, -0.05) is 30.3 Å². The lowest BCUT2D eigenvalue weighted by Gasteiger charge is -2.18. The Hall–Kier alpha value is -4.31. The quantitative estimate of drug-likeness (QED) is 0.353. The number of hydrogen-bond donors (Lipinski definition) is 2. The number of fused-ring (bicyclic) bond motifs is 3. The molecule has 194 valence electrons. The van der Waals surface area contributed by atoms with Gasteiger partial charge in [-0.25, -0.2) is 4.79 Å². The first kappa shape index (κ1) is 25.3. The lowest BCUT2D eigenvalue weighted by atomic mass is 9.98. The third-order valence-electron chi connectivity index (χ3n) is 6.91. The Bertz CT molecular complexity index is 1560. The van der Waals surface area contributed by atoms with Crippen molar-refractivity contribution in [2.45, 2.75) is 33.7 Å². The van der Waals surface area contributed by atoms with E-state index in [0.717, 1.165) is 32.3 Å². The van der Waals surface area contributed by atoms with Gasteiger partial charge < -0.3 is 10.4 Å². The number of rotatable bonds is 5. The van der Waals surface area contributed by atoms with Crippen molar-refractivity contribution >= 4 is 40.4 Å². The number of anilines is 2. The molecule has 4 aromatic rings. The van der Waals surface area contributed by atoms with Crippen molar-refractivity contribution in [3.63, 3.8) is 0 Å². The lowest BCUT2D eigenvalue weighted by Crippen LogP contribution is -2.31. The van der Waals surface area contributed by atoms with Crippen LogP contribution in [0.2, 0.25) is 0 Å². The second-order valence-electron chi connectivity index (χ2n) is 9.36. The average Bonchev–Trinajstić information content (AvgIpc) is 3.38. The first-order valence-corrected chi connectivity index (χ1v) is 13.0. The molecule has 0 saturated heterocycles. The minimum absolute atomic E-state index is 0.258. The molecule has 0 saturated carbocycles. The zero-order valence-corrected chi connectivity index (χ0v) is 22.6. The Labute approximate surface area is 224 Å². The molecule has 1 aliphatic rings. The molecule has 2 aromatic carbocycles. The summed E-state index contributed by atoms with van der Waals surface area (Å²) < 4.78 is 1.94. The first-order chi connectivity index (χ1) is 18.2. The number of aliphatic imine (C=N–C) groups is 1. The fourth-order valence-corrected chi connectivity index (χ4v) is 5.72. The molecule has 5 rings (SSSR count). The highest BCUT2D eigenvalue weighted by Gasteiger charge is 2.36. The predicted octanol–water partition coefficient (Wildman–Crippen LogP) is 5.54. The maximum Gasteiger partial charge on any atom is 0.326 e. The van der Waals surface area contributed by atoms with Crippen LogP contribution in [0, 0.1) is 26.7 Å². The SMILES string of the molecule is Cc1sc2c(c1C)C(c1ccc(NC(=O)N(C)c3ccccc3)cc1)=NC([C@H](C)C(=O)O)c1nnc(C)n1-2. The highest BCUT2D eigenvalue weighted by atomic mass is 32.1. The summed E-state index contributed by atoms with van der Waals surface area (Å²) in [4.78, 5) is 32.5. The zero-order chi connectivity index (χ0) is 27.1. The van der Waals surface area contributed by atoms with Crippen molar-refractivity contribution in [2.75, 3.05) is 17.3 Å². The van der Waals surface area contributed by atoms with Crippen LogP contribution in [0.1, 0.15) is 46.2 Å². The molecular weight excluding hydrogens is 500 g/mol. The van der Waals surface area contributed by atoms with Crippen LogP contribution in [-0.2, 0) is 4.79 Å². The summed E-state index contributed by atoms with van der Waals surface area (Å²) in [5.41, 5.74) is 4.96. The van der Waals surface area contributed by atoms with Gasteiger partial charge in [0.2, 0.25) is 0 Å². The number of nitrogens with zero attached hydrogens (tertiary/aromatic N) is 5. The van der Waals surface area contributed by atoms with Crippen LogP contribution in [0.5, 0.6) is 0 Å². The number of para-hydroxylation sites is 1. The van der Waals surface area contributed by atoms with Gasteiger partial charge in [-0.15, -0.1) is 21.5 Å². The van der Waals surface area contributed by atoms with Gasteiger partial charge in [-0.05, 0) is 57.5 Å².